The zero-order valence-corrected chi connectivity index (χ0v) is 12.4. The molecule has 0 aromatic carbocycles. The molecule has 1 aliphatic heterocycles. The summed E-state index contributed by atoms with van der Waals surface area (Å²) in [6.07, 6.45) is -0.108. The van der Waals surface area contributed by atoms with E-state index in [9.17, 15) is 18.4 Å². The molecule has 1 saturated heterocycles. The van der Waals surface area contributed by atoms with Crippen LogP contribution in [-0.2, 0) is 6.54 Å². The third kappa shape index (κ3) is 4.27. The summed E-state index contributed by atoms with van der Waals surface area (Å²) in [5.74, 6) is 0. The maximum absolute atomic E-state index is 12.3. The third-order valence-corrected chi connectivity index (χ3v) is 3.61. The van der Waals surface area contributed by atoms with Crippen molar-refractivity contribution in [1.29, 1.82) is 0 Å². The number of hydrogen-bond donors (Lipinski definition) is 2. The molecule has 2 N–H and O–H groups in total. The first kappa shape index (κ1) is 16.4. The summed E-state index contributed by atoms with van der Waals surface area (Å²) < 4.78 is 26.1. The van der Waals surface area contributed by atoms with Gasteiger partial charge < -0.3 is 15.2 Å². The Morgan fingerprint density at radius 3 is 2.95 bits per heavy atom. The van der Waals surface area contributed by atoms with Gasteiger partial charge in [-0.05, 0) is 25.5 Å². The summed E-state index contributed by atoms with van der Waals surface area (Å²) in [5, 5.41) is 5.23. The molecule has 0 radical (unpaired) electrons. The number of carbonyl (C=O) groups excluding carboxylic acids is 1. The second-order valence-electron chi connectivity index (χ2n) is 5.25. The number of anilines is 1. The standard InChI is InChI=1S/C14H20F2N4O2/c1-2-20-6-3-4-11(13(20)21)18-14(22)17-10-5-7-19(8-10)9-12(15)16/h3-4,6,10,12H,2,5,7-9H2,1H3,(H2,17,18,22). The minimum absolute atomic E-state index is 0.184. The topological polar surface area (TPSA) is 66.4 Å². The van der Waals surface area contributed by atoms with Crippen LogP contribution in [0, 0.1) is 0 Å². The first-order chi connectivity index (χ1) is 10.5. The predicted octanol–water partition coefficient (Wildman–Crippen LogP) is 1.33. The summed E-state index contributed by atoms with van der Waals surface area (Å²) in [6, 6.07) is 2.54. The molecule has 0 aliphatic carbocycles. The highest BCUT2D eigenvalue weighted by Gasteiger charge is 2.25. The maximum Gasteiger partial charge on any atom is 0.319 e. The van der Waals surface area contributed by atoms with Gasteiger partial charge in [0, 0.05) is 31.9 Å². The molecule has 22 heavy (non-hydrogen) atoms. The molecule has 0 bridgehead atoms. The second kappa shape index (κ2) is 7.35. The normalized spacial score (nSPS) is 18.6. The van der Waals surface area contributed by atoms with E-state index in [1.54, 1.807) is 17.2 Å². The van der Waals surface area contributed by atoms with E-state index in [1.807, 2.05) is 6.92 Å². The fraction of sp³-hybridized carbons (Fsp3) is 0.571. The van der Waals surface area contributed by atoms with Crippen molar-refractivity contribution < 1.29 is 13.6 Å². The van der Waals surface area contributed by atoms with Crippen molar-refractivity contribution in [3.8, 4) is 0 Å². The largest absolute Gasteiger partial charge is 0.334 e. The van der Waals surface area contributed by atoms with Gasteiger partial charge in [-0.1, -0.05) is 0 Å². The van der Waals surface area contributed by atoms with Crippen LogP contribution < -0.4 is 16.2 Å². The van der Waals surface area contributed by atoms with Crippen LogP contribution in [0.1, 0.15) is 13.3 Å². The second-order valence-corrected chi connectivity index (χ2v) is 5.25. The van der Waals surface area contributed by atoms with Crippen molar-refractivity contribution in [2.75, 3.05) is 25.0 Å². The molecule has 1 aliphatic rings. The lowest BCUT2D eigenvalue weighted by atomic mass is 10.3. The highest BCUT2D eigenvalue weighted by atomic mass is 19.3. The van der Waals surface area contributed by atoms with Crippen LogP contribution in [0.4, 0.5) is 19.3 Å². The number of nitrogens with zero attached hydrogens (tertiary/aromatic N) is 2. The quantitative estimate of drug-likeness (QED) is 0.862. The van der Waals surface area contributed by atoms with Gasteiger partial charge in [0.2, 0.25) is 0 Å². The molecule has 1 unspecified atom stereocenters. The number of urea groups is 1. The molecular formula is C14H20F2N4O2. The number of carbonyl (C=O) groups is 1. The molecule has 8 heteroatoms. The summed E-state index contributed by atoms with van der Waals surface area (Å²) >= 11 is 0. The SMILES string of the molecule is CCn1cccc(NC(=O)NC2CCN(CC(F)F)C2)c1=O. The summed E-state index contributed by atoms with van der Waals surface area (Å²) in [6.45, 7) is 3.00. The smallest absolute Gasteiger partial charge is 0.319 e. The molecule has 122 valence electrons. The van der Waals surface area contributed by atoms with Gasteiger partial charge in [-0.2, -0.15) is 0 Å². The van der Waals surface area contributed by atoms with E-state index in [2.05, 4.69) is 10.6 Å². The van der Waals surface area contributed by atoms with Crippen LogP contribution >= 0.6 is 0 Å². The van der Waals surface area contributed by atoms with E-state index < -0.39 is 12.5 Å². The zero-order valence-electron chi connectivity index (χ0n) is 12.4. The minimum atomic E-state index is -2.37. The van der Waals surface area contributed by atoms with Crippen molar-refractivity contribution >= 4 is 11.7 Å². The van der Waals surface area contributed by atoms with Crippen molar-refractivity contribution in [3.63, 3.8) is 0 Å². The van der Waals surface area contributed by atoms with E-state index >= 15 is 0 Å². The van der Waals surface area contributed by atoms with E-state index in [0.717, 1.165) is 0 Å². The Morgan fingerprint density at radius 2 is 2.27 bits per heavy atom. The molecule has 1 fully saturated rings. The first-order valence-electron chi connectivity index (χ1n) is 7.27. The number of aromatic nitrogens is 1. The predicted molar refractivity (Wildman–Crippen MR) is 79.4 cm³/mol. The number of pyridine rings is 1. The number of likely N-dealkylation sites (tertiary alicyclic amines) is 1. The molecule has 2 amide bonds. The number of halogens is 2. The lowest BCUT2D eigenvalue weighted by molar-refractivity contribution is 0.0988. The Labute approximate surface area is 127 Å². The van der Waals surface area contributed by atoms with Gasteiger partial charge in [0.1, 0.15) is 5.69 Å². The fourth-order valence-electron chi connectivity index (χ4n) is 2.54. The molecule has 0 saturated carbocycles. The van der Waals surface area contributed by atoms with Gasteiger partial charge in [0.05, 0.1) is 6.54 Å². The van der Waals surface area contributed by atoms with Gasteiger partial charge >= 0.3 is 6.03 Å². The van der Waals surface area contributed by atoms with Gasteiger partial charge in [-0.3, -0.25) is 9.69 Å². The van der Waals surface area contributed by atoms with Gasteiger partial charge in [-0.15, -0.1) is 0 Å². The number of rotatable bonds is 5. The maximum atomic E-state index is 12.3. The first-order valence-corrected chi connectivity index (χ1v) is 7.27. The Hall–Kier alpha value is -1.96. The molecule has 2 heterocycles. The molecule has 2 rings (SSSR count). The van der Waals surface area contributed by atoms with E-state index in [0.29, 0.717) is 26.1 Å². The van der Waals surface area contributed by atoms with Crippen LogP contribution in [0.25, 0.3) is 0 Å². The van der Waals surface area contributed by atoms with Crippen molar-refractivity contribution in [3.05, 3.63) is 28.7 Å². The molecule has 1 atom stereocenters. The van der Waals surface area contributed by atoms with Crippen LogP contribution in [-0.4, -0.2) is 47.6 Å². The van der Waals surface area contributed by atoms with Gasteiger partial charge in [0.25, 0.3) is 12.0 Å². The van der Waals surface area contributed by atoms with Gasteiger partial charge in [-0.25, -0.2) is 13.6 Å². The average Bonchev–Trinajstić information content (AvgIpc) is 2.87. The van der Waals surface area contributed by atoms with Gasteiger partial charge in [0.15, 0.2) is 0 Å². The van der Waals surface area contributed by atoms with Crippen molar-refractivity contribution in [2.45, 2.75) is 32.4 Å². The fourth-order valence-corrected chi connectivity index (χ4v) is 2.54. The Morgan fingerprint density at radius 1 is 1.50 bits per heavy atom. The van der Waals surface area contributed by atoms with E-state index in [4.69, 9.17) is 0 Å². The van der Waals surface area contributed by atoms with Crippen LogP contribution in [0.5, 0.6) is 0 Å². The summed E-state index contributed by atoms with van der Waals surface area (Å²) in [4.78, 5) is 25.5. The average molecular weight is 314 g/mol. The molecule has 1 aromatic rings. The number of alkyl halides is 2. The highest BCUT2D eigenvalue weighted by Crippen LogP contribution is 2.11. The van der Waals surface area contributed by atoms with E-state index in [-0.39, 0.29) is 23.8 Å². The van der Waals surface area contributed by atoms with Crippen molar-refractivity contribution in [2.24, 2.45) is 0 Å². The number of amides is 2. The third-order valence-electron chi connectivity index (χ3n) is 3.61. The van der Waals surface area contributed by atoms with Crippen LogP contribution in [0.15, 0.2) is 23.1 Å². The number of aryl methyl sites for hydroxylation is 1. The summed E-state index contributed by atoms with van der Waals surface area (Å²) in [7, 11) is 0. The van der Waals surface area contributed by atoms with Crippen LogP contribution in [0.2, 0.25) is 0 Å². The lowest BCUT2D eigenvalue weighted by Crippen LogP contribution is -2.41. The Kier molecular flexibility index (Phi) is 5.48. The Bertz CT molecular complexity index is 576. The zero-order chi connectivity index (χ0) is 16.1. The lowest BCUT2D eigenvalue weighted by Gasteiger charge is -2.16. The monoisotopic (exact) mass is 314 g/mol. The number of hydrogen-bond acceptors (Lipinski definition) is 3. The van der Waals surface area contributed by atoms with E-state index in [1.165, 1.54) is 10.6 Å². The Balaban J connectivity index is 1.88. The molecular weight excluding hydrogens is 294 g/mol. The van der Waals surface area contributed by atoms with Crippen LogP contribution in [0.3, 0.4) is 0 Å². The highest BCUT2D eigenvalue weighted by molar-refractivity contribution is 5.89. The molecule has 6 nitrogen and oxygen atoms in total. The molecule has 1 aromatic heterocycles. The summed E-state index contributed by atoms with van der Waals surface area (Å²) in [5.41, 5.74) is -0.0739. The number of nitrogens with one attached hydrogen (secondary N) is 2. The minimum Gasteiger partial charge on any atom is -0.334 e. The molecule has 0 spiro atoms. The van der Waals surface area contributed by atoms with Crippen molar-refractivity contribution in [1.82, 2.24) is 14.8 Å².